The van der Waals surface area contributed by atoms with Crippen molar-refractivity contribution < 1.29 is 9.13 Å². The van der Waals surface area contributed by atoms with E-state index in [1.165, 1.54) is 6.42 Å². The minimum atomic E-state index is -0.685. The first kappa shape index (κ1) is 12.4. The van der Waals surface area contributed by atoms with Gasteiger partial charge in [0.05, 0.1) is 0 Å². The van der Waals surface area contributed by atoms with E-state index in [1.807, 2.05) is 6.92 Å². The second-order valence-corrected chi connectivity index (χ2v) is 5.53. The van der Waals surface area contributed by atoms with E-state index in [4.69, 9.17) is 16.3 Å². The Balaban J connectivity index is 2.33. The number of rotatable bonds is 2. The van der Waals surface area contributed by atoms with Gasteiger partial charge in [0.2, 0.25) is 0 Å². The summed E-state index contributed by atoms with van der Waals surface area (Å²) in [5, 5.41) is 0.0409. The van der Waals surface area contributed by atoms with Gasteiger partial charge in [-0.05, 0) is 44.6 Å². The maximum absolute atomic E-state index is 14.4. The predicted octanol–water partition coefficient (Wildman–Crippen LogP) is 4.35. The Kier molecular flexibility index (Phi) is 3.91. The fourth-order valence-electron chi connectivity index (χ4n) is 3.02. The van der Waals surface area contributed by atoms with Gasteiger partial charge in [0.25, 0.3) is 0 Å². The monoisotopic (exact) mass is 246 g/mol. The largest absolute Gasteiger partial charge is 0.368 e. The van der Waals surface area contributed by atoms with Crippen molar-refractivity contribution in [1.29, 1.82) is 0 Å². The van der Waals surface area contributed by atoms with Gasteiger partial charge in [-0.2, -0.15) is 0 Å². The third kappa shape index (κ3) is 2.28. The summed E-state index contributed by atoms with van der Waals surface area (Å²) in [7, 11) is 0. The topological polar surface area (TPSA) is 9.23 Å². The van der Waals surface area contributed by atoms with Crippen LogP contribution in [0.3, 0.4) is 0 Å². The Morgan fingerprint density at radius 1 is 1.44 bits per heavy atom. The van der Waals surface area contributed by atoms with Crippen LogP contribution in [0, 0.1) is 0 Å². The lowest BCUT2D eigenvalue weighted by Gasteiger charge is -2.40. The van der Waals surface area contributed by atoms with Gasteiger partial charge in [-0.25, -0.2) is 4.39 Å². The van der Waals surface area contributed by atoms with E-state index in [0.717, 1.165) is 31.3 Å². The number of ether oxygens (including phenoxy) is 1. The van der Waals surface area contributed by atoms with Gasteiger partial charge < -0.3 is 4.74 Å². The van der Waals surface area contributed by atoms with Crippen LogP contribution < -0.4 is 0 Å². The first-order chi connectivity index (χ1) is 7.68. The average molecular weight is 247 g/mol. The second-order valence-electron chi connectivity index (χ2n) is 4.91. The molecule has 0 heterocycles. The SMILES string of the molecule is CCO[C@]12CCCCCC(=C1F)C[C@@H](Cl)C2. The molecule has 2 aliphatic rings. The third-order valence-electron chi connectivity index (χ3n) is 3.71. The fraction of sp³-hybridized carbons (Fsp3) is 0.846. The van der Waals surface area contributed by atoms with Crippen LogP contribution >= 0.6 is 11.6 Å². The van der Waals surface area contributed by atoms with Crippen molar-refractivity contribution in [2.75, 3.05) is 6.61 Å². The Morgan fingerprint density at radius 2 is 2.25 bits per heavy atom. The molecular formula is C13H20ClFO. The standard InChI is InChI=1S/C13H20ClFO/c1-2-16-13-7-5-3-4-6-10(12(13)15)8-11(14)9-13/h11H,2-9H2,1H3/t11-,13+/m1/s1. The molecule has 0 aromatic rings. The van der Waals surface area contributed by atoms with E-state index >= 15 is 0 Å². The van der Waals surface area contributed by atoms with Crippen molar-refractivity contribution in [3.8, 4) is 0 Å². The molecule has 0 amide bonds. The smallest absolute Gasteiger partial charge is 0.131 e. The van der Waals surface area contributed by atoms with Crippen molar-refractivity contribution in [2.45, 2.75) is 62.8 Å². The molecule has 2 aliphatic carbocycles. The van der Waals surface area contributed by atoms with Gasteiger partial charge in [0, 0.05) is 12.0 Å². The van der Waals surface area contributed by atoms with Crippen molar-refractivity contribution in [3.05, 3.63) is 11.4 Å². The van der Waals surface area contributed by atoms with E-state index in [9.17, 15) is 4.39 Å². The fourth-order valence-corrected chi connectivity index (χ4v) is 3.45. The van der Waals surface area contributed by atoms with Crippen molar-refractivity contribution >= 4 is 11.6 Å². The molecular weight excluding hydrogens is 227 g/mol. The van der Waals surface area contributed by atoms with Gasteiger partial charge >= 0.3 is 0 Å². The summed E-state index contributed by atoms with van der Waals surface area (Å²) in [5.74, 6) is 0.00551. The molecule has 0 aromatic carbocycles. The van der Waals surface area contributed by atoms with E-state index in [-0.39, 0.29) is 11.2 Å². The molecule has 0 spiro atoms. The van der Waals surface area contributed by atoms with Gasteiger partial charge in [0.1, 0.15) is 11.4 Å². The molecule has 2 rings (SSSR count). The Hall–Kier alpha value is -0.0800. The molecule has 0 aliphatic heterocycles. The van der Waals surface area contributed by atoms with Crippen LogP contribution in [0.15, 0.2) is 11.4 Å². The molecule has 0 radical (unpaired) electrons. The number of alkyl halides is 1. The van der Waals surface area contributed by atoms with Gasteiger partial charge in [-0.3, -0.25) is 0 Å². The molecule has 0 fully saturated rings. The Labute approximate surface area is 102 Å². The highest BCUT2D eigenvalue weighted by molar-refractivity contribution is 6.20. The molecule has 16 heavy (non-hydrogen) atoms. The summed E-state index contributed by atoms with van der Waals surface area (Å²) in [6, 6.07) is 0. The predicted molar refractivity (Wildman–Crippen MR) is 64.5 cm³/mol. The normalized spacial score (nSPS) is 35.8. The first-order valence-electron chi connectivity index (χ1n) is 6.34. The molecule has 0 unspecified atom stereocenters. The highest BCUT2D eigenvalue weighted by atomic mass is 35.5. The summed E-state index contributed by atoms with van der Waals surface area (Å²) in [6.45, 7) is 2.49. The van der Waals surface area contributed by atoms with Gasteiger partial charge in [0.15, 0.2) is 0 Å². The number of hydrogen-bond donors (Lipinski definition) is 0. The third-order valence-corrected chi connectivity index (χ3v) is 4.02. The molecule has 2 bridgehead atoms. The second kappa shape index (κ2) is 5.05. The van der Waals surface area contributed by atoms with Crippen LogP contribution in [0.25, 0.3) is 0 Å². The Bertz CT molecular complexity index is 290. The van der Waals surface area contributed by atoms with E-state index in [0.29, 0.717) is 19.4 Å². The van der Waals surface area contributed by atoms with Crippen molar-refractivity contribution in [2.24, 2.45) is 0 Å². The summed E-state index contributed by atoms with van der Waals surface area (Å²) in [6.07, 6.45) is 6.32. The number of halogens is 2. The van der Waals surface area contributed by atoms with Crippen molar-refractivity contribution in [1.82, 2.24) is 0 Å². The minimum absolute atomic E-state index is 0.00551. The van der Waals surface area contributed by atoms with Crippen LogP contribution in [-0.2, 0) is 4.74 Å². The van der Waals surface area contributed by atoms with Gasteiger partial charge in [-0.1, -0.05) is 12.8 Å². The molecule has 92 valence electrons. The maximum atomic E-state index is 14.4. The number of hydrogen-bond acceptors (Lipinski definition) is 1. The zero-order chi connectivity index (χ0) is 11.6. The lowest BCUT2D eigenvalue weighted by atomic mass is 9.78. The molecule has 0 aromatic heterocycles. The van der Waals surface area contributed by atoms with Crippen LogP contribution in [0.1, 0.15) is 51.9 Å². The molecule has 1 nitrogen and oxygen atoms in total. The molecule has 2 atom stereocenters. The number of allylic oxidation sites excluding steroid dienone is 1. The summed E-state index contributed by atoms with van der Waals surface area (Å²) >= 11 is 6.25. The van der Waals surface area contributed by atoms with E-state index < -0.39 is 5.60 Å². The number of fused-ring (bicyclic) bond motifs is 1. The minimum Gasteiger partial charge on any atom is -0.368 e. The molecule has 0 N–H and O–H groups in total. The summed E-state index contributed by atoms with van der Waals surface area (Å²) in [4.78, 5) is 0. The molecule has 0 saturated carbocycles. The maximum Gasteiger partial charge on any atom is 0.131 e. The highest BCUT2D eigenvalue weighted by Gasteiger charge is 2.43. The van der Waals surface area contributed by atoms with Crippen LogP contribution in [0.2, 0.25) is 0 Å². The quantitative estimate of drug-likeness (QED) is 0.658. The lowest BCUT2D eigenvalue weighted by molar-refractivity contribution is -0.0469. The van der Waals surface area contributed by atoms with Gasteiger partial charge in [-0.15, -0.1) is 11.6 Å². The van der Waals surface area contributed by atoms with Crippen LogP contribution in [0.4, 0.5) is 4.39 Å². The van der Waals surface area contributed by atoms with Crippen LogP contribution in [-0.4, -0.2) is 17.6 Å². The first-order valence-corrected chi connectivity index (χ1v) is 6.77. The molecule has 3 heteroatoms. The summed E-state index contributed by atoms with van der Waals surface area (Å²) in [5.41, 5.74) is 0.231. The van der Waals surface area contributed by atoms with E-state index in [1.54, 1.807) is 0 Å². The summed E-state index contributed by atoms with van der Waals surface area (Å²) < 4.78 is 20.2. The lowest BCUT2D eigenvalue weighted by Crippen LogP contribution is -2.41. The molecule has 0 saturated heterocycles. The zero-order valence-electron chi connectivity index (χ0n) is 9.90. The Morgan fingerprint density at radius 3 is 3.00 bits per heavy atom. The highest BCUT2D eigenvalue weighted by Crippen LogP contribution is 2.45. The average Bonchev–Trinajstić information content (AvgIpc) is 2.24. The van der Waals surface area contributed by atoms with Crippen LogP contribution in [0.5, 0.6) is 0 Å². The van der Waals surface area contributed by atoms with Crippen molar-refractivity contribution in [3.63, 3.8) is 0 Å². The zero-order valence-corrected chi connectivity index (χ0v) is 10.7. The van der Waals surface area contributed by atoms with E-state index in [2.05, 4.69) is 0 Å².